The van der Waals surface area contributed by atoms with E-state index in [1.807, 2.05) is 36.4 Å². The van der Waals surface area contributed by atoms with E-state index in [0.717, 1.165) is 11.3 Å². The van der Waals surface area contributed by atoms with Crippen LogP contribution in [-0.2, 0) is 11.3 Å². The lowest BCUT2D eigenvalue weighted by atomic mass is 10.1. The average Bonchev–Trinajstić information content (AvgIpc) is 2.47. The van der Waals surface area contributed by atoms with Crippen LogP contribution < -0.4 is 11.1 Å². The fourth-order valence-corrected chi connectivity index (χ4v) is 1.90. The first-order chi connectivity index (χ1) is 9.72. The number of nitrogens with two attached hydrogens (primary N) is 1. The molecule has 0 radical (unpaired) electrons. The van der Waals surface area contributed by atoms with Crippen LogP contribution in [-0.4, -0.2) is 12.6 Å². The average molecular weight is 270 g/mol. The smallest absolute Gasteiger partial charge is 0.340 e. The predicted molar refractivity (Wildman–Crippen MR) is 80.6 cm³/mol. The Morgan fingerprint density at radius 1 is 1.15 bits per heavy atom. The number of hydrogen-bond donors (Lipinski definition) is 2. The Bertz CT molecular complexity index is 582. The maximum absolute atomic E-state index is 11.8. The quantitative estimate of drug-likeness (QED) is 0.647. The number of benzene rings is 2. The molecule has 0 spiro atoms. The molecule has 0 heterocycles. The van der Waals surface area contributed by atoms with Crippen molar-refractivity contribution in [1.82, 2.24) is 0 Å². The molecule has 4 heteroatoms. The molecule has 2 aromatic carbocycles. The van der Waals surface area contributed by atoms with E-state index in [-0.39, 0.29) is 0 Å². The maximum Gasteiger partial charge on any atom is 0.340 e. The number of rotatable bonds is 5. The molecule has 0 aliphatic rings. The predicted octanol–water partition coefficient (Wildman–Crippen LogP) is 3.06. The summed E-state index contributed by atoms with van der Waals surface area (Å²) in [5.41, 5.74) is 8.71. The second kappa shape index (κ2) is 6.61. The zero-order valence-electron chi connectivity index (χ0n) is 11.4. The lowest BCUT2D eigenvalue weighted by Gasteiger charge is -2.12. The molecule has 0 aromatic heterocycles. The van der Waals surface area contributed by atoms with Gasteiger partial charge in [-0.15, -0.1) is 0 Å². The van der Waals surface area contributed by atoms with Gasteiger partial charge in [0.2, 0.25) is 0 Å². The van der Waals surface area contributed by atoms with Crippen LogP contribution in [0.5, 0.6) is 0 Å². The SMILES string of the molecule is CCOC(=O)c1cccc(NCc2ccccc2)c1N. The summed E-state index contributed by atoms with van der Waals surface area (Å²) in [6, 6.07) is 15.3. The number of carbonyl (C=O) groups excluding carboxylic acids is 1. The van der Waals surface area contributed by atoms with Gasteiger partial charge in [0.15, 0.2) is 0 Å². The van der Waals surface area contributed by atoms with Gasteiger partial charge in [-0.05, 0) is 24.6 Å². The van der Waals surface area contributed by atoms with E-state index in [9.17, 15) is 4.79 Å². The van der Waals surface area contributed by atoms with Crippen molar-refractivity contribution in [2.75, 3.05) is 17.7 Å². The number of esters is 1. The largest absolute Gasteiger partial charge is 0.462 e. The normalized spacial score (nSPS) is 10.1. The van der Waals surface area contributed by atoms with Crippen molar-refractivity contribution in [3.8, 4) is 0 Å². The van der Waals surface area contributed by atoms with Crippen LogP contribution in [0.3, 0.4) is 0 Å². The summed E-state index contributed by atoms with van der Waals surface area (Å²) in [6.07, 6.45) is 0. The highest BCUT2D eigenvalue weighted by molar-refractivity contribution is 5.98. The molecule has 4 nitrogen and oxygen atoms in total. The second-order valence-electron chi connectivity index (χ2n) is 4.33. The van der Waals surface area contributed by atoms with Crippen LogP contribution in [0.1, 0.15) is 22.8 Å². The third-order valence-electron chi connectivity index (χ3n) is 2.93. The second-order valence-corrected chi connectivity index (χ2v) is 4.33. The van der Waals surface area contributed by atoms with E-state index in [0.29, 0.717) is 24.4 Å². The van der Waals surface area contributed by atoms with E-state index in [4.69, 9.17) is 10.5 Å². The fraction of sp³-hybridized carbons (Fsp3) is 0.188. The fourth-order valence-electron chi connectivity index (χ4n) is 1.90. The molecule has 0 aliphatic carbocycles. The molecule has 0 atom stereocenters. The van der Waals surface area contributed by atoms with Crippen LogP contribution in [0.4, 0.5) is 11.4 Å². The summed E-state index contributed by atoms with van der Waals surface area (Å²) in [6.45, 7) is 2.75. The number of nitrogens with one attached hydrogen (secondary N) is 1. The molecule has 0 aliphatic heterocycles. The van der Waals surface area contributed by atoms with Gasteiger partial charge >= 0.3 is 5.97 Å². The molecular weight excluding hydrogens is 252 g/mol. The molecule has 104 valence electrons. The van der Waals surface area contributed by atoms with Crippen LogP contribution in [0.15, 0.2) is 48.5 Å². The van der Waals surface area contributed by atoms with Crippen molar-refractivity contribution in [1.29, 1.82) is 0 Å². The first kappa shape index (κ1) is 13.9. The molecule has 0 unspecified atom stereocenters. The van der Waals surface area contributed by atoms with Crippen LogP contribution >= 0.6 is 0 Å². The summed E-state index contributed by atoms with van der Waals surface area (Å²) >= 11 is 0. The first-order valence-corrected chi connectivity index (χ1v) is 6.55. The van der Waals surface area contributed by atoms with Crippen molar-refractivity contribution in [3.05, 3.63) is 59.7 Å². The number of para-hydroxylation sites is 1. The van der Waals surface area contributed by atoms with Crippen molar-refractivity contribution in [2.45, 2.75) is 13.5 Å². The lowest BCUT2D eigenvalue weighted by molar-refractivity contribution is 0.0527. The zero-order valence-corrected chi connectivity index (χ0v) is 11.4. The van der Waals surface area contributed by atoms with Gasteiger partial charge in [0.25, 0.3) is 0 Å². The monoisotopic (exact) mass is 270 g/mol. The van der Waals surface area contributed by atoms with Crippen LogP contribution in [0.2, 0.25) is 0 Å². The lowest BCUT2D eigenvalue weighted by Crippen LogP contribution is -2.10. The molecule has 2 aromatic rings. The summed E-state index contributed by atoms with van der Waals surface area (Å²) in [5.74, 6) is -0.395. The molecule has 0 bridgehead atoms. The van der Waals surface area contributed by atoms with Gasteiger partial charge in [0.1, 0.15) is 0 Å². The third-order valence-corrected chi connectivity index (χ3v) is 2.93. The van der Waals surface area contributed by atoms with Gasteiger partial charge in [0, 0.05) is 6.54 Å². The number of nitrogen functional groups attached to an aromatic ring is 1. The van der Waals surface area contributed by atoms with Crippen molar-refractivity contribution in [2.24, 2.45) is 0 Å². The molecule has 2 rings (SSSR count). The molecular formula is C16H18N2O2. The summed E-state index contributed by atoms with van der Waals surface area (Å²) in [5, 5.41) is 3.23. The van der Waals surface area contributed by atoms with Gasteiger partial charge in [0.05, 0.1) is 23.5 Å². The van der Waals surface area contributed by atoms with Crippen LogP contribution in [0.25, 0.3) is 0 Å². The highest BCUT2D eigenvalue weighted by Crippen LogP contribution is 2.24. The minimum atomic E-state index is -0.395. The Morgan fingerprint density at radius 2 is 1.90 bits per heavy atom. The summed E-state index contributed by atoms with van der Waals surface area (Å²) in [4.78, 5) is 11.8. The number of hydrogen-bond acceptors (Lipinski definition) is 4. The van der Waals surface area contributed by atoms with Crippen molar-refractivity contribution < 1.29 is 9.53 Å². The summed E-state index contributed by atoms with van der Waals surface area (Å²) in [7, 11) is 0. The van der Waals surface area contributed by atoms with Gasteiger partial charge in [-0.25, -0.2) is 4.79 Å². The standard InChI is InChI=1S/C16H18N2O2/c1-2-20-16(19)13-9-6-10-14(15(13)17)18-11-12-7-4-3-5-8-12/h3-10,18H,2,11,17H2,1H3. The van der Waals surface area contributed by atoms with Gasteiger partial charge in [-0.3, -0.25) is 0 Å². The number of anilines is 2. The molecule has 0 fully saturated rings. The molecule has 20 heavy (non-hydrogen) atoms. The van der Waals surface area contributed by atoms with E-state index in [1.54, 1.807) is 19.1 Å². The molecule has 0 saturated heterocycles. The van der Waals surface area contributed by atoms with E-state index in [2.05, 4.69) is 5.32 Å². The summed E-state index contributed by atoms with van der Waals surface area (Å²) < 4.78 is 4.98. The number of carbonyl (C=O) groups is 1. The zero-order chi connectivity index (χ0) is 14.4. The van der Waals surface area contributed by atoms with Gasteiger partial charge < -0.3 is 15.8 Å². The van der Waals surface area contributed by atoms with Gasteiger partial charge in [-0.1, -0.05) is 36.4 Å². The first-order valence-electron chi connectivity index (χ1n) is 6.55. The Balaban J connectivity index is 2.12. The molecule has 0 saturated carbocycles. The highest BCUT2D eigenvalue weighted by atomic mass is 16.5. The Labute approximate surface area is 118 Å². The molecule has 0 amide bonds. The minimum absolute atomic E-state index is 0.333. The van der Waals surface area contributed by atoms with Crippen molar-refractivity contribution in [3.63, 3.8) is 0 Å². The number of ether oxygens (including phenoxy) is 1. The highest BCUT2D eigenvalue weighted by Gasteiger charge is 2.13. The maximum atomic E-state index is 11.8. The minimum Gasteiger partial charge on any atom is -0.462 e. The van der Waals surface area contributed by atoms with E-state index in [1.165, 1.54) is 0 Å². The van der Waals surface area contributed by atoms with E-state index < -0.39 is 5.97 Å². The topological polar surface area (TPSA) is 64.3 Å². The van der Waals surface area contributed by atoms with E-state index >= 15 is 0 Å². The Morgan fingerprint density at radius 3 is 2.60 bits per heavy atom. The van der Waals surface area contributed by atoms with Gasteiger partial charge in [-0.2, -0.15) is 0 Å². The Hall–Kier alpha value is -2.49. The van der Waals surface area contributed by atoms with Crippen LogP contribution in [0, 0.1) is 0 Å². The van der Waals surface area contributed by atoms with Crippen molar-refractivity contribution >= 4 is 17.3 Å². The Kier molecular flexibility index (Phi) is 4.60. The third kappa shape index (κ3) is 3.29. The molecule has 3 N–H and O–H groups in total.